The van der Waals surface area contributed by atoms with E-state index >= 15 is 0 Å². The Morgan fingerprint density at radius 2 is 1.81 bits per heavy atom. The van der Waals surface area contributed by atoms with Gasteiger partial charge in [0.1, 0.15) is 0 Å². The zero-order valence-corrected chi connectivity index (χ0v) is 24.9. The first-order chi connectivity index (χ1) is 20.4. The molecule has 2 atom stereocenters. The molecular weight excluding hydrogens is 548 g/mol. The number of hydrogen-bond donors (Lipinski definition) is 1. The Kier molecular flexibility index (Phi) is 8.38. The number of hydrogen-bond acceptors (Lipinski definition) is 6. The van der Waals surface area contributed by atoms with Gasteiger partial charge in [-0.1, -0.05) is 56.0 Å². The van der Waals surface area contributed by atoms with Gasteiger partial charge in [0.15, 0.2) is 5.13 Å². The number of carboxylic acids is 1. The molecule has 0 radical (unpaired) electrons. The molecule has 1 aliphatic heterocycles. The second-order valence-electron chi connectivity index (χ2n) is 12.1. The van der Waals surface area contributed by atoms with Crippen LogP contribution in [-0.2, 0) is 14.4 Å². The summed E-state index contributed by atoms with van der Waals surface area (Å²) in [5, 5.41) is 12.3. The number of nitrogens with zero attached hydrogens (tertiary/aromatic N) is 4. The van der Waals surface area contributed by atoms with Crippen molar-refractivity contribution in [3.8, 4) is 22.4 Å². The largest absolute Gasteiger partial charge is 0.481 e. The minimum absolute atomic E-state index is 0.00112. The molecule has 2 amide bonds. The molecule has 3 aromatic rings. The van der Waals surface area contributed by atoms with Crippen molar-refractivity contribution in [3.05, 3.63) is 53.7 Å². The van der Waals surface area contributed by atoms with Crippen molar-refractivity contribution in [1.82, 2.24) is 14.9 Å². The number of piperidine rings is 1. The molecule has 8 nitrogen and oxygen atoms in total. The fourth-order valence-corrected chi connectivity index (χ4v) is 7.55. The summed E-state index contributed by atoms with van der Waals surface area (Å²) < 4.78 is 0. The van der Waals surface area contributed by atoms with E-state index in [2.05, 4.69) is 12.1 Å². The number of pyridine rings is 1. The first-order valence-corrected chi connectivity index (χ1v) is 16.1. The topological polar surface area (TPSA) is 104 Å². The number of carboxylic acid groups (broad SMARTS) is 1. The van der Waals surface area contributed by atoms with Crippen molar-refractivity contribution in [2.24, 2.45) is 11.8 Å². The van der Waals surface area contributed by atoms with E-state index in [4.69, 9.17) is 9.97 Å². The lowest BCUT2D eigenvalue weighted by atomic mass is 9.90. The number of carbonyl (C=O) groups excluding carboxylic acids is 2. The minimum atomic E-state index is -0.919. The predicted molar refractivity (Wildman–Crippen MR) is 163 cm³/mol. The highest BCUT2D eigenvalue weighted by atomic mass is 32.1. The van der Waals surface area contributed by atoms with E-state index in [0.717, 1.165) is 79.4 Å². The van der Waals surface area contributed by atoms with Gasteiger partial charge < -0.3 is 10.0 Å². The van der Waals surface area contributed by atoms with E-state index in [9.17, 15) is 19.5 Å². The van der Waals surface area contributed by atoms with E-state index < -0.39 is 11.9 Å². The fourth-order valence-electron chi connectivity index (χ4n) is 6.65. The number of carbonyl (C=O) groups is 3. The van der Waals surface area contributed by atoms with E-state index in [1.54, 1.807) is 9.80 Å². The van der Waals surface area contributed by atoms with E-state index in [1.807, 2.05) is 42.9 Å². The number of anilines is 1. The minimum Gasteiger partial charge on any atom is -0.481 e. The van der Waals surface area contributed by atoms with Crippen molar-refractivity contribution in [3.63, 3.8) is 0 Å². The van der Waals surface area contributed by atoms with Gasteiger partial charge in [-0.2, -0.15) is 0 Å². The third kappa shape index (κ3) is 6.11. The van der Waals surface area contributed by atoms with Crippen LogP contribution in [-0.4, -0.2) is 50.8 Å². The SMILES string of the molecule is CN1C(=O)CCCC1c1ccc(-c2ccccc2-c2csc(N(C(=O)[C@@H](CC(=O)O)CC3CCCC3)C3CC3)n2)cn1. The van der Waals surface area contributed by atoms with Crippen LogP contribution in [0.2, 0.25) is 0 Å². The van der Waals surface area contributed by atoms with Gasteiger partial charge in [0, 0.05) is 48.1 Å². The molecule has 6 rings (SSSR count). The smallest absolute Gasteiger partial charge is 0.304 e. The lowest BCUT2D eigenvalue weighted by Gasteiger charge is -2.32. The molecule has 42 heavy (non-hydrogen) atoms. The molecule has 1 saturated heterocycles. The Labute approximate surface area is 250 Å². The molecule has 9 heteroatoms. The standard InChI is InChI=1S/C33H38N4O4S/c1-36-29(11-6-12-30(36)38)27-16-13-22(19-34-27)25-9-4-5-10-26(25)28-20-42-33(35-28)37(24-14-15-24)32(41)23(18-31(39)40)17-21-7-2-3-8-21/h4-5,9-10,13,16,19-21,23-24,29H,2-3,6-8,11-12,14-15,17-18H2,1H3,(H,39,40)/t23-,29?/m1/s1. The number of rotatable bonds is 10. The van der Waals surface area contributed by atoms with Gasteiger partial charge in [-0.05, 0) is 49.7 Å². The Morgan fingerprint density at radius 1 is 1.05 bits per heavy atom. The monoisotopic (exact) mass is 586 g/mol. The highest BCUT2D eigenvalue weighted by Crippen LogP contribution is 2.41. The summed E-state index contributed by atoms with van der Waals surface area (Å²) in [7, 11) is 1.85. The number of amides is 2. The van der Waals surface area contributed by atoms with Crippen LogP contribution in [0.15, 0.2) is 48.0 Å². The first kappa shape index (κ1) is 28.5. The van der Waals surface area contributed by atoms with Crippen molar-refractivity contribution in [1.29, 1.82) is 0 Å². The first-order valence-electron chi connectivity index (χ1n) is 15.2. The van der Waals surface area contributed by atoms with Gasteiger partial charge in [0.05, 0.1) is 23.9 Å². The van der Waals surface area contributed by atoms with Gasteiger partial charge in [0.25, 0.3) is 0 Å². The predicted octanol–water partition coefficient (Wildman–Crippen LogP) is 6.72. The van der Waals surface area contributed by atoms with Crippen molar-refractivity contribution >= 4 is 34.3 Å². The number of aromatic nitrogens is 2. The van der Waals surface area contributed by atoms with E-state index in [-0.39, 0.29) is 30.3 Å². The Bertz CT molecular complexity index is 1440. The average molecular weight is 587 g/mol. The summed E-state index contributed by atoms with van der Waals surface area (Å²) in [6.45, 7) is 0. The van der Waals surface area contributed by atoms with Crippen LogP contribution in [0, 0.1) is 11.8 Å². The molecule has 3 heterocycles. The molecule has 220 valence electrons. The number of thiazole rings is 1. The maximum Gasteiger partial charge on any atom is 0.304 e. The summed E-state index contributed by atoms with van der Waals surface area (Å²) in [4.78, 5) is 51.2. The average Bonchev–Trinajstić information content (AvgIpc) is 3.46. The normalized spacial score (nSPS) is 20.1. The summed E-state index contributed by atoms with van der Waals surface area (Å²) in [6.07, 6.45) is 11.1. The van der Waals surface area contributed by atoms with Gasteiger partial charge in [-0.25, -0.2) is 4.98 Å². The number of aliphatic carboxylic acids is 1. The van der Waals surface area contributed by atoms with Crippen LogP contribution in [0.1, 0.15) is 82.4 Å². The molecule has 2 aromatic heterocycles. The molecule has 3 aliphatic rings. The Hall–Kier alpha value is -3.59. The van der Waals surface area contributed by atoms with Gasteiger partial charge in [-0.3, -0.25) is 24.3 Å². The number of benzene rings is 1. The molecular formula is C33H38N4O4S. The molecule has 3 fully saturated rings. The van der Waals surface area contributed by atoms with Crippen LogP contribution >= 0.6 is 11.3 Å². The van der Waals surface area contributed by atoms with E-state index in [0.29, 0.717) is 23.9 Å². The van der Waals surface area contributed by atoms with Crippen LogP contribution in [0.5, 0.6) is 0 Å². The molecule has 0 bridgehead atoms. The third-order valence-electron chi connectivity index (χ3n) is 9.08. The van der Waals surface area contributed by atoms with Crippen LogP contribution in [0.4, 0.5) is 5.13 Å². The van der Waals surface area contributed by atoms with Crippen LogP contribution < -0.4 is 4.90 Å². The van der Waals surface area contributed by atoms with Gasteiger partial charge in [0.2, 0.25) is 11.8 Å². The zero-order valence-electron chi connectivity index (χ0n) is 24.1. The maximum atomic E-state index is 13.9. The quantitative estimate of drug-likeness (QED) is 0.283. The van der Waals surface area contributed by atoms with Gasteiger partial charge >= 0.3 is 5.97 Å². The van der Waals surface area contributed by atoms with E-state index in [1.165, 1.54) is 11.3 Å². The lowest BCUT2D eigenvalue weighted by molar-refractivity contribution is -0.141. The van der Waals surface area contributed by atoms with Gasteiger partial charge in [-0.15, -0.1) is 11.3 Å². The van der Waals surface area contributed by atoms with Crippen molar-refractivity contribution in [2.45, 2.75) is 82.7 Å². The summed E-state index contributed by atoms with van der Waals surface area (Å²) >= 11 is 1.45. The second-order valence-corrected chi connectivity index (χ2v) is 12.9. The molecule has 1 unspecified atom stereocenters. The molecule has 2 saturated carbocycles. The Morgan fingerprint density at radius 3 is 2.50 bits per heavy atom. The summed E-state index contributed by atoms with van der Waals surface area (Å²) in [6, 6.07) is 12.2. The lowest BCUT2D eigenvalue weighted by Crippen LogP contribution is -2.39. The summed E-state index contributed by atoms with van der Waals surface area (Å²) in [5.41, 5.74) is 4.60. The molecule has 1 N–H and O–H groups in total. The molecule has 2 aliphatic carbocycles. The van der Waals surface area contributed by atoms with Crippen LogP contribution in [0.3, 0.4) is 0 Å². The number of likely N-dealkylation sites (tertiary alicyclic amines) is 1. The van der Waals surface area contributed by atoms with Crippen LogP contribution in [0.25, 0.3) is 22.4 Å². The maximum absolute atomic E-state index is 13.9. The molecule has 1 aromatic carbocycles. The highest BCUT2D eigenvalue weighted by Gasteiger charge is 2.40. The zero-order chi connectivity index (χ0) is 29.2. The second kappa shape index (κ2) is 12.3. The van der Waals surface area contributed by atoms with Crippen molar-refractivity contribution < 1.29 is 19.5 Å². The summed E-state index contributed by atoms with van der Waals surface area (Å²) in [5.74, 6) is -0.941. The third-order valence-corrected chi connectivity index (χ3v) is 9.92. The fraction of sp³-hybridized carbons (Fsp3) is 0.485. The van der Waals surface area contributed by atoms with Crippen molar-refractivity contribution in [2.75, 3.05) is 11.9 Å². The molecule has 0 spiro atoms. The Balaban J connectivity index is 1.25. The highest BCUT2D eigenvalue weighted by molar-refractivity contribution is 7.14.